The fourth-order valence-electron chi connectivity index (χ4n) is 2.28. The topological polar surface area (TPSA) is 53.7 Å². The molecule has 1 aromatic heterocycles. The summed E-state index contributed by atoms with van der Waals surface area (Å²) in [6.07, 6.45) is 1.76. The average molecular weight is 346 g/mol. The van der Waals surface area contributed by atoms with Crippen molar-refractivity contribution in [1.29, 1.82) is 0 Å². The molecule has 1 aromatic carbocycles. The van der Waals surface area contributed by atoms with E-state index in [-0.39, 0.29) is 11.2 Å². The zero-order valence-electron chi connectivity index (χ0n) is 15.6. The minimum atomic E-state index is -0.231. The number of benzene rings is 1. The molecule has 0 amide bonds. The number of guanidine groups is 1. The minimum Gasteiger partial charge on any atom is -0.443 e. The number of hydrogen-bond acceptors (Lipinski definition) is 3. The standard InChI is InChI=1S/C19H27FN4O/c1-6-21-18(24(5)13-14-7-9-15(20)10-8-14)23-12-17-22-11-16(25-17)19(2,3)4/h7-11H,6,12-13H2,1-5H3,(H,21,23). The third kappa shape index (κ3) is 5.59. The number of aliphatic imine (C=N–C) groups is 1. The third-order valence-corrected chi connectivity index (χ3v) is 3.69. The molecule has 0 fully saturated rings. The maximum Gasteiger partial charge on any atom is 0.216 e. The van der Waals surface area contributed by atoms with E-state index in [9.17, 15) is 4.39 Å². The second kappa shape index (κ2) is 8.14. The zero-order valence-corrected chi connectivity index (χ0v) is 15.6. The minimum absolute atomic E-state index is 0.0706. The van der Waals surface area contributed by atoms with Crippen molar-refractivity contribution in [2.75, 3.05) is 13.6 Å². The molecule has 6 heteroatoms. The summed E-state index contributed by atoms with van der Waals surface area (Å²) < 4.78 is 18.8. The number of rotatable bonds is 5. The number of nitrogens with zero attached hydrogens (tertiary/aromatic N) is 3. The summed E-state index contributed by atoms with van der Waals surface area (Å²) in [7, 11) is 1.95. The highest BCUT2D eigenvalue weighted by Gasteiger charge is 2.19. The summed E-state index contributed by atoms with van der Waals surface area (Å²) in [6.45, 7) is 10.0. The molecule has 0 saturated heterocycles. The van der Waals surface area contributed by atoms with Gasteiger partial charge in [-0.2, -0.15) is 0 Å². The molecule has 1 heterocycles. The lowest BCUT2D eigenvalue weighted by molar-refractivity contribution is 0.382. The van der Waals surface area contributed by atoms with Crippen LogP contribution in [0.2, 0.25) is 0 Å². The quantitative estimate of drug-likeness (QED) is 0.662. The highest BCUT2D eigenvalue weighted by atomic mass is 19.1. The van der Waals surface area contributed by atoms with Gasteiger partial charge in [0.15, 0.2) is 5.96 Å². The Balaban J connectivity index is 2.06. The van der Waals surface area contributed by atoms with Gasteiger partial charge in [0, 0.05) is 25.6 Å². The predicted octanol–water partition coefficient (Wildman–Crippen LogP) is 3.71. The number of oxazole rings is 1. The smallest absolute Gasteiger partial charge is 0.216 e. The average Bonchev–Trinajstić information content (AvgIpc) is 3.02. The van der Waals surface area contributed by atoms with Gasteiger partial charge in [0.25, 0.3) is 0 Å². The van der Waals surface area contributed by atoms with Crippen molar-refractivity contribution in [3.05, 3.63) is 53.5 Å². The molecule has 136 valence electrons. The highest BCUT2D eigenvalue weighted by molar-refractivity contribution is 5.79. The predicted molar refractivity (Wildman–Crippen MR) is 97.9 cm³/mol. The summed E-state index contributed by atoms with van der Waals surface area (Å²) in [4.78, 5) is 10.9. The lowest BCUT2D eigenvalue weighted by atomic mass is 9.94. The van der Waals surface area contributed by atoms with E-state index in [0.29, 0.717) is 19.0 Å². The van der Waals surface area contributed by atoms with Crippen molar-refractivity contribution in [1.82, 2.24) is 15.2 Å². The van der Waals surface area contributed by atoms with E-state index >= 15 is 0 Å². The summed E-state index contributed by atoms with van der Waals surface area (Å²) in [6, 6.07) is 6.49. The fraction of sp³-hybridized carbons (Fsp3) is 0.474. The van der Waals surface area contributed by atoms with Crippen molar-refractivity contribution in [2.45, 2.75) is 46.2 Å². The van der Waals surface area contributed by atoms with Crippen LogP contribution in [0, 0.1) is 5.82 Å². The maximum atomic E-state index is 13.0. The van der Waals surface area contributed by atoms with E-state index in [1.165, 1.54) is 12.1 Å². The van der Waals surface area contributed by atoms with Crippen molar-refractivity contribution in [2.24, 2.45) is 4.99 Å². The van der Waals surface area contributed by atoms with Crippen LogP contribution in [-0.2, 0) is 18.5 Å². The van der Waals surface area contributed by atoms with E-state index in [0.717, 1.165) is 23.8 Å². The summed E-state index contributed by atoms with van der Waals surface area (Å²) in [5.74, 6) is 1.96. The van der Waals surface area contributed by atoms with Gasteiger partial charge in [-0.25, -0.2) is 14.4 Å². The third-order valence-electron chi connectivity index (χ3n) is 3.69. The van der Waals surface area contributed by atoms with Gasteiger partial charge in [0.2, 0.25) is 5.89 Å². The first-order valence-corrected chi connectivity index (χ1v) is 8.48. The second-order valence-electron chi connectivity index (χ2n) is 7.02. The molecular formula is C19H27FN4O. The second-order valence-corrected chi connectivity index (χ2v) is 7.02. The Bertz CT molecular complexity index is 701. The van der Waals surface area contributed by atoms with Gasteiger partial charge in [0.05, 0.1) is 6.20 Å². The van der Waals surface area contributed by atoms with Crippen LogP contribution in [0.5, 0.6) is 0 Å². The van der Waals surface area contributed by atoms with Gasteiger partial charge >= 0.3 is 0 Å². The van der Waals surface area contributed by atoms with Crippen LogP contribution in [-0.4, -0.2) is 29.4 Å². The zero-order chi connectivity index (χ0) is 18.4. The Kier molecular flexibility index (Phi) is 6.17. The van der Waals surface area contributed by atoms with Crippen LogP contribution in [0.15, 0.2) is 39.9 Å². The Hall–Kier alpha value is -2.37. The highest BCUT2D eigenvalue weighted by Crippen LogP contribution is 2.22. The number of hydrogen-bond donors (Lipinski definition) is 1. The van der Waals surface area contributed by atoms with Gasteiger partial charge in [-0.1, -0.05) is 32.9 Å². The molecule has 2 rings (SSSR count). The van der Waals surface area contributed by atoms with Gasteiger partial charge in [-0.15, -0.1) is 0 Å². The molecule has 0 unspecified atom stereocenters. The lowest BCUT2D eigenvalue weighted by Gasteiger charge is -2.22. The van der Waals surface area contributed by atoms with Crippen LogP contribution in [0.25, 0.3) is 0 Å². The monoisotopic (exact) mass is 346 g/mol. The molecule has 0 spiro atoms. The number of aromatic nitrogens is 1. The molecule has 0 aliphatic carbocycles. The molecule has 0 radical (unpaired) electrons. The van der Waals surface area contributed by atoms with Gasteiger partial charge in [-0.05, 0) is 24.6 Å². The van der Waals surface area contributed by atoms with Crippen LogP contribution in [0.3, 0.4) is 0 Å². The molecule has 25 heavy (non-hydrogen) atoms. The Morgan fingerprint density at radius 2 is 1.96 bits per heavy atom. The first-order chi connectivity index (χ1) is 11.8. The van der Waals surface area contributed by atoms with E-state index in [1.807, 2.05) is 18.9 Å². The molecule has 0 bridgehead atoms. The van der Waals surface area contributed by atoms with Crippen molar-refractivity contribution >= 4 is 5.96 Å². The van der Waals surface area contributed by atoms with Crippen LogP contribution in [0.4, 0.5) is 4.39 Å². The molecule has 0 aliphatic rings. The lowest BCUT2D eigenvalue weighted by Crippen LogP contribution is -2.38. The van der Waals surface area contributed by atoms with Crippen molar-refractivity contribution in [3.8, 4) is 0 Å². The first kappa shape index (κ1) is 19.0. The molecule has 1 N–H and O–H groups in total. The van der Waals surface area contributed by atoms with Crippen LogP contribution >= 0.6 is 0 Å². The number of nitrogens with one attached hydrogen (secondary N) is 1. The van der Waals surface area contributed by atoms with Gasteiger partial charge in [0.1, 0.15) is 18.1 Å². The summed E-state index contributed by atoms with van der Waals surface area (Å²) >= 11 is 0. The Morgan fingerprint density at radius 3 is 2.52 bits per heavy atom. The SMILES string of the molecule is CCNC(=NCc1ncc(C(C)(C)C)o1)N(C)Cc1ccc(F)cc1. The van der Waals surface area contributed by atoms with Gasteiger partial charge < -0.3 is 14.6 Å². The molecule has 5 nitrogen and oxygen atoms in total. The van der Waals surface area contributed by atoms with E-state index in [1.54, 1.807) is 18.3 Å². The molecule has 2 aromatic rings. The molecule has 0 atom stereocenters. The largest absolute Gasteiger partial charge is 0.443 e. The van der Waals surface area contributed by atoms with Crippen LogP contribution in [0.1, 0.15) is 44.9 Å². The van der Waals surface area contributed by atoms with Crippen molar-refractivity contribution < 1.29 is 8.81 Å². The first-order valence-electron chi connectivity index (χ1n) is 8.48. The summed E-state index contributed by atoms with van der Waals surface area (Å²) in [5.41, 5.74) is 0.944. The van der Waals surface area contributed by atoms with Gasteiger partial charge in [-0.3, -0.25) is 0 Å². The number of halogens is 1. The normalized spacial score (nSPS) is 12.3. The molecule has 0 saturated carbocycles. The molecular weight excluding hydrogens is 319 g/mol. The summed E-state index contributed by atoms with van der Waals surface area (Å²) in [5, 5.41) is 3.25. The van der Waals surface area contributed by atoms with Crippen LogP contribution < -0.4 is 5.32 Å². The Morgan fingerprint density at radius 1 is 1.28 bits per heavy atom. The van der Waals surface area contributed by atoms with E-state index in [4.69, 9.17) is 4.42 Å². The maximum absolute atomic E-state index is 13.0. The Labute approximate surface area is 149 Å². The molecule has 0 aliphatic heterocycles. The van der Waals surface area contributed by atoms with E-state index < -0.39 is 0 Å². The fourth-order valence-corrected chi connectivity index (χ4v) is 2.28. The van der Waals surface area contributed by atoms with E-state index in [2.05, 4.69) is 36.1 Å². The van der Waals surface area contributed by atoms with Crippen molar-refractivity contribution in [3.63, 3.8) is 0 Å².